The van der Waals surface area contributed by atoms with E-state index in [1.54, 1.807) is 0 Å². The number of carbonyl (C=O) groups is 2. The monoisotopic (exact) mass is 269 g/mol. The van der Waals surface area contributed by atoms with Gasteiger partial charge < -0.3 is 16.2 Å². The molecule has 8 nitrogen and oxygen atoms in total. The van der Waals surface area contributed by atoms with Gasteiger partial charge in [0.1, 0.15) is 12.2 Å². The molecule has 8 heteroatoms. The molecule has 1 unspecified atom stereocenters. The molecule has 0 saturated heterocycles. The molecule has 0 aliphatic carbocycles. The molecule has 0 spiro atoms. The van der Waals surface area contributed by atoms with Crippen LogP contribution in [-0.4, -0.2) is 38.0 Å². The van der Waals surface area contributed by atoms with Crippen LogP contribution in [-0.2, 0) is 22.7 Å². The van der Waals surface area contributed by atoms with E-state index in [4.69, 9.17) is 10.8 Å². The van der Waals surface area contributed by atoms with Crippen molar-refractivity contribution in [2.24, 2.45) is 11.7 Å². The third-order valence-electron chi connectivity index (χ3n) is 2.89. The summed E-state index contributed by atoms with van der Waals surface area (Å²) in [5.41, 5.74) is 6.27. The average molecular weight is 269 g/mol. The zero-order valence-electron chi connectivity index (χ0n) is 11.0. The number of hydrogen-bond donors (Lipinski definition) is 3. The molecule has 0 bridgehead atoms. The van der Waals surface area contributed by atoms with Crippen LogP contribution in [0.1, 0.15) is 26.0 Å². The number of rotatable bonds is 7. The number of nitrogens with one attached hydrogen (secondary N) is 1. The van der Waals surface area contributed by atoms with Crippen LogP contribution in [0.15, 0.2) is 6.20 Å². The van der Waals surface area contributed by atoms with Gasteiger partial charge in [-0.1, -0.05) is 25.5 Å². The summed E-state index contributed by atoms with van der Waals surface area (Å²) in [5.74, 6) is -1.15. The first-order valence-corrected chi connectivity index (χ1v) is 6.08. The molecule has 0 aliphatic rings. The summed E-state index contributed by atoms with van der Waals surface area (Å²) >= 11 is 0. The van der Waals surface area contributed by atoms with E-state index in [1.807, 2.05) is 13.8 Å². The Morgan fingerprint density at radius 2 is 2.26 bits per heavy atom. The number of aliphatic carboxylic acids is 1. The van der Waals surface area contributed by atoms with Crippen molar-refractivity contribution in [3.05, 3.63) is 11.9 Å². The lowest BCUT2D eigenvalue weighted by Gasteiger charge is -2.17. The number of aromatic nitrogens is 3. The molecule has 1 heterocycles. The van der Waals surface area contributed by atoms with Gasteiger partial charge in [-0.3, -0.25) is 9.59 Å². The molecule has 1 rings (SSSR count). The molecule has 0 saturated carbocycles. The fourth-order valence-electron chi connectivity index (χ4n) is 1.44. The molecule has 19 heavy (non-hydrogen) atoms. The Bertz CT molecular complexity index is 445. The Labute approximate surface area is 111 Å². The Kier molecular flexibility index (Phi) is 5.43. The maximum absolute atomic E-state index is 11.7. The molecule has 0 radical (unpaired) electrons. The average Bonchev–Trinajstić information content (AvgIpc) is 2.80. The van der Waals surface area contributed by atoms with Gasteiger partial charge in [0.15, 0.2) is 0 Å². The lowest BCUT2D eigenvalue weighted by atomic mass is 9.99. The van der Waals surface area contributed by atoms with Gasteiger partial charge >= 0.3 is 5.97 Å². The molecule has 1 aromatic rings. The normalized spacial score (nSPS) is 13.8. The van der Waals surface area contributed by atoms with Crippen LogP contribution in [0, 0.1) is 5.92 Å². The second-order valence-electron chi connectivity index (χ2n) is 4.43. The second kappa shape index (κ2) is 6.83. The minimum absolute atomic E-state index is 0.0997. The van der Waals surface area contributed by atoms with E-state index in [0.717, 1.165) is 6.42 Å². The molecular weight excluding hydrogens is 250 g/mol. The standard InChI is InChI=1S/C11H19N5O3/c1-3-7(2)10(12)11(19)13-4-8-5-16(15-14-8)6-9(17)18/h5,7,10H,3-4,6,12H2,1-2H3,(H,13,19)(H,17,18)/t7?,10-/m0/s1. The van der Waals surface area contributed by atoms with E-state index in [9.17, 15) is 9.59 Å². The number of nitrogens with zero attached hydrogens (tertiary/aromatic N) is 3. The van der Waals surface area contributed by atoms with Crippen molar-refractivity contribution >= 4 is 11.9 Å². The zero-order chi connectivity index (χ0) is 14.4. The van der Waals surface area contributed by atoms with Crippen molar-refractivity contribution in [3.8, 4) is 0 Å². The van der Waals surface area contributed by atoms with E-state index in [1.165, 1.54) is 10.9 Å². The van der Waals surface area contributed by atoms with Crippen LogP contribution in [0.2, 0.25) is 0 Å². The topological polar surface area (TPSA) is 123 Å². The lowest BCUT2D eigenvalue weighted by Crippen LogP contribution is -2.44. The van der Waals surface area contributed by atoms with E-state index < -0.39 is 12.0 Å². The Hall–Kier alpha value is -1.96. The van der Waals surface area contributed by atoms with Crippen molar-refractivity contribution in [2.45, 2.75) is 39.4 Å². The number of carboxylic acids is 1. The molecule has 0 aromatic carbocycles. The summed E-state index contributed by atoms with van der Waals surface area (Å²) in [6.45, 7) is 3.80. The van der Waals surface area contributed by atoms with Crippen molar-refractivity contribution in [2.75, 3.05) is 0 Å². The molecule has 1 aromatic heterocycles. The summed E-state index contributed by atoms with van der Waals surface area (Å²) < 4.78 is 1.19. The van der Waals surface area contributed by atoms with E-state index in [0.29, 0.717) is 5.69 Å². The summed E-state index contributed by atoms with van der Waals surface area (Å²) in [6, 6.07) is -0.556. The van der Waals surface area contributed by atoms with Gasteiger partial charge in [-0.2, -0.15) is 0 Å². The fraction of sp³-hybridized carbons (Fsp3) is 0.636. The van der Waals surface area contributed by atoms with E-state index in [-0.39, 0.29) is 24.9 Å². The lowest BCUT2D eigenvalue weighted by molar-refractivity contribution is -0.138. The molecule has 0 fully saturated rings. The first kappa shape index (κ1) is 15.1. The van der Waals surface area contributed by atoms with E-state index in [2.05, 4.69) is 15.6 Å². The summed E-state index contributed by atoms with van der Waals surface area (Å²) in [5, 5.41) is 18.6. The highest BCUT2D eigenvalue weighted by Crippen LogP contribution is 2.05. The number of nitrogens with two attached hydrogens (primary N) is 1. The minimum atomic E-state index is -1.00. The number of carbonyl (C=O) groups excluding carboxylic acids is 1. The van der Waals surface area contributed by atoms with Crippen molar-refractivity contribution in [1.29, 1.82) is 0 Å². The number of hydrogen-bond acceptors (Lipinski definition) is 5. The highest BCUT2D eigenvalue weighted by Gasteiger charge is 2.19. The third kappa shape index (κ3) is 4.66. The smallest absolute Gasteiger partial charge is 0.325 e. The maximum Gasteiger partial charge on any atom is 0.325 e. The summed E-state index contributed by atoms with van der Waals surface area (Å²) in [6.07, 6.45) is 2.30. The molecular formula is C11H19N5O3. The quantitative estimate of drug-likeness (QED) is 0.604. The minimum Gasteiger partial charge on any atom is -0.480 e. The predicted octanol–water partition coefficient (Wildman–Crippen LogP) is -0.648. The van der Waals surface area contributed by atoms with Crippen molar-refractivity contribution in [1.82, 2.24) is 20.3 Å². The third-order valence-corrected chi connectivity index (χ3v) is 2.89. The Morgan fingerprint density at radius 1 is 1.58 bits per heavy atom. The van der Waals surface area contributed by atoms with Crippen LogP contribution in [0.4, 0.5) is 0 Å². The first-order valence-electron chi connectivity index (χ1n) is 6.08. The molecule has 0 aliphatic heterocycles. The predicted molar refractivity (Wildman–Crippen MR) is 66.9 cm³/mol. The second-order valence-corrected chi connectivity index (χ2v) is 4.43. The van der Waals surface area contributed by atoms with Crippen molar-refractivity contribution < 1.29 is 14.7 Å². The molecule has 2 atom stereocenters. The molecule has 106 valence electrons. The van der Waals surface area contributed by atoms with Crippen LogP contribution in [0.25, 0.3) is 0 Å². The SMILES string of the molecule is CCC(C)[C@H](N)C(=O)NCc1cn(CC(=O)O)nn1. The van der Waals surface area contributed by atoms with Crippen LogP contribution in [0.5, 0.6) is 0 Å². The zero-order valence-corrected chi connectivity index (χ0v) is 11.0. The van der Waals surface area contributed by atoms with Crippen LogP contribution >= 0.6 is 0 Å². The fourth-order valence-corrected chi connectivity index (χ4v) is 1.44. The van der Waals surface area contributed by atoms with Gasteiger partial charge in [0, 0.05) is 0 Å². The van der Waals surface area contributed by atoms with Crippen molar-refractivity contribution in [3.63, 3.8) is 0 Å². The van der Waals surface area contributed by atoms with E-state index >= 15 is 0 Å². The van der Waals surface area contributed by atoms with Crippen LogP contribution in [0.3, 0.4) is 0 Å². The molecule has 1 amide bonds. The maximum atomic E-state index is 11.7. The number of amides is 1. The van der Waals surface area contributed by atoms with Gasteiger partial charge in [0.25, 0.3) is 0 Å². The first-order chi connectivity index (χ1) is 8.93. The molecule has 4 N–H and O–H groups in total. The Balaban J connectivity index is 2.46. The largest absolute Gasteiger partial charge is 0.480 e. The van der Waals surface area contributed by atoms with Gasteiger partial charge in [0.2, 0.25) is 5.91 Å². The highest BCUT2D eigenvalue weighted by atomic mass is 16.4. The highest BCUT2D eigenvalue weighted by molar-refractivity contribution is 5.81. The summed E-state index contributed by atoms with van der Waals surface area (Å²) in [7, 11) is 0. The van der Waals surface area contributed by atoms with Gasteiger partial charge in [-0.25, -0.2) is 4.68 Å². The van der Waals surface area contributed by atoms with Gasteiger partial charge in [0.05, 0.1) is 18.8 Å². The Morgan fingerprint density at radius 3 is 2.84 bits per heavy atom. The van der Waals surface area contributed by atoms with Gasteiger partial charge in [-0.15, -0.1) is 5.10 Å². The summed E-state index contributed by atoms with van der Waals surface area (Å²) in [4.78, 5) is 22.2. The van der Waals surface area contributed by atoms with Crippen LogP contribution < -0.4 is 11.1 Å². The number of carboxylic acid groups (broad SMARTS) is 1. The van der Waals surface area contributed by atoms with Gasteiger partial charge in [-0.05, 0) is 5.92 Å².